The molecule has 0 spiro atoms. The number of rotatable bonds is 15. The van der Waals surface area contributed by atoms with Gasteiger partial charge in [-0.05, 0) is 153 Å². The van der Waals surface area contributed by atoms with Crippen LogP contribution in [0.15, 0.2) is 102 Å². The normalized spacial score (nSPS) is 10.0. The van der Waals surface area contributed by atoms with Gasteiger partial charge in [0.05, 0.1) is 35.5 Å². The fourth-order valence-electron chi connectivity index (χ4n) is 7.00. The van der Waals surface area contributed by atoms with Crippen LogP contribution in [0.4, 0.5) is 17.6 Å². The summed E-state index contributed by atoms with van der Waals surface area (Å²) in [5, 5.41) is 25.4. The van der Waals surface area contributed by atoms with Crippen molar-refractivity contribution in [1.29, 1.82) is 10.5 Å². The van der Waals surface area contributed by atoms with E-state index in [1.807, 2.05) is 52.0 Å². The number of unbranched alkanes of at least 4 members (excludes halogenated alkanes) is 6. The Morgan fingerprint density at radius 2 is 0.886 bits per heavy atom. The van der Waals surface area contributed by atoms with E-state index in [0.29, 0.717) is 35.5 Å². The summed E-state index contributed by atoms with van der Waals surface area (Å²) in [5.74, 6) is 11.8. The van der Waals surface area contributed by atoms with Crippen LogP contribution >= 0.6 is 15.9 Å². The second-order valence-corrected chi connectivity index (χ2v) is 17.2. The largest absolute Gasteiger partial charge is 0.569 e. The number of hydrogen-bond acceptors (Lipinski definition) is 6. The third-order valence-corrected chi connectivity index (χ3v) is 11.3. The quantitative estimate of drug-likeness (QED) is 0.0476. The van der Waals surface area contributed by atoms with Gasteiger partial charge in [-0.25, -0.2) is 17.6 Å². The molecule has 0 saturated carbocycles. The molecular formula is C58H55BBrF4N2O4. The minimum Gasteiger partial charge on any atom is -0.537 e. The van der Waals surface area contributed by atoms with Gasteiger partial charge in [-0.1, -0.05) is 104 Å². The molecule has 1 N–H and O–H groups in total. The van der Waals surface area contributed by atoms with Crippen molar-refractivity contribution < 1.29 is 36.7 Å². The van der Waals surface area contributed by atoms with Crippen LogP contribution in [-0.2, 0) is 0 Å². The van der Waals surface area contributed by atoms with Crippen molar-refractivity contribution in [3.05, 3.63) is 180 Å². The van der Waals surface area contributed by atoms with E-state index < -0.39 is 17.5 Å². The topological polar surface area (TPSA) is 95.5 Å². The highest BCUT2D eigenvalue weighted by molar-refractivity contribution is 9.10. The summed E-state index contributed by atoms with van der Waals surface area (Å²) in [5.41, 5.74) is 7.44. The summed E-state index contributed by atoms with van der Waals surface area (Å²) in [4.78, 5) is 0. The number of halogens is 5. The van der Waals surface area contributed by atoms with E-state index in [-0.39, 0.29) is 28.3 Å². The Balaban J connectivity index is 0.000000253. The molecule has 6 aromatic carbocycles. The van der Waals surface area contributed by atoms with E-state index >= 15 is 0 Å². The lowest BCUT2D eigenvalue weighted by Gasteiger charge is -2.10. The fraction of sp³-hybridized carbons (Fsp3) is 0.276. The van der Waals surface area contributed by atoms with Crippen LogP contribution in [0.5, 0.6) is 17.2 Å². The Labute approximate surface area is 419 Å². The van der Waals surface area contributed by atoms with E-state index in [1.54, 1.807) is 42.5 Å². The number of hydrogen-bond donors (Lipinski definition) is 1. The van der Waals surface area contributed by atoms with Gasteiger partial charge in [-0.3, -0.25) is 0 Å². The van der Waals surface area contributed by atoms with Gasteiger partial charge in [0.25, 0.3) is 0 Å². The van der Waals surface area contributed by atoms with Crippen LogP contribution in [0.1, 0.15) is 121 Å². The number of nitrogens with zero attached hydrogens (tertiary/aromatic N) is 2. The smallest absolute Gasteiger partial charge is 0.537 e. The monoisotopic (exact) mass is 1010 g/mol. The van der Waals surface area contributed by atoms with Crippen molar-refractivity contribution >= 4 is 23.6 Å². The molecule has 6 rings (SSSR count). The minimum absolute atomic E-state index is 0.0413. The maximum absolute atomic E-state index is 14.7. The first-order chi connectivity index (χ1) is 33.7. The second kappa shape index (κ2) is 29.2. The Bertz CT molecular complexity index is 2900. The first-order valence-electron chi connectivity index (χ1n) is 23.0. The predicted molar refractivity (Wildman–Crippen MR) is 273 cm³/mol. The Morgan fingerprint density at radius 1 is 0.486 bits per heavy atom. The molecule has 70 heavy (non-hydrogen) atoms. The third-order valence-electron chi connectivity index (χ3n) is 10.8. The van der Waals surface area contributed by atoms with Gasteiger partial charge in [0, 0.05) is 21.7 Å². The van der Waals surface area contributed by atoms with Crippen LogP contribution in [-0.4, -0.2) is 25.9 Å². The highest BCUT2D eigenvalue weighted by atomic mass is 79.9. The average Bonchev–Trinajstić information content (AvgIpc) is 3.32. The van der Waals surface area contributed by atoms with E-state index in [0.717, 1.165) is 70.4 Å². The molecule has 0 atom stereocenters. The molecule has 1 radical (unpaired) electrons. The van der Waals surface area contributed by atoms with Crippen LogP contribution in [0, 0.1) is 97.3 Å². The zero-order valence-corrected chi connectivity index (χ0v) is 41.9. The molecule has 0 aromatic heterocycles. The maximum Gasteiger partial charge on any atom is 0.569 e. The molecule has 0 aliphatic carbocycles. The summed E-state index contributed by atoms with van der Waals surface area (Å²) in [6, 6.07) is 28.8. The molecule has 0 heterocycles. The SMILES string of the molecule is CCCCCCOc1cc(C)c(C#Cc2ccc(-c3ccc(C#N)c(F)c3)cc2F)c(C)c1.CCCCCCOc1cc(C)c(C#Cc2ccc(Br)cc2F)c(C)c1.N#Cc1ccc(O[B]O)cc1F. The molecule has 0 fully saturated rings. The van der Waals surface area contributed by atoms with E-state index in [2.05, 4.69) is 58.1 Å². The molecule has 12 heteroatoms. The van der Waals surface area contributed by atoms with Crippen molar-refractivity contribution in [2.24, 2.45) is 0 Å². The summed E-state index contributed by atoms with van der Waals surface area (Å²) in [7, 11) is 0.445. The minimum atomic E-state index is -0.670. The molecule has 0 unspecified atom stereocenters. The standard InChI is InChI=1S/C29H27F2NO.C22H24BrFO.C7H4BFNO2/c1-4-5-6-7-14-33-26-15-20(2)27(21(3)16-26)13-12-22-8-9-23(17-28(22)30)24-10-11-25(19-32)29(31)18-24;1-4-5-6-7-12-25-20-13-16(2)21(17(3)14-20)11-9-18-8-10-19(23)15-22(18)24;9-7-3-6(12-8-11)2-1-5(7)4-10/h8-11,15-18H,4-7,14H2,1-3H3;8,10,13-15H,4-7,12H2,1-3H3;1-3,11H. The lowest BCUT2D eigenvalue weighted by Crippen LogP contribution is -2.00. The van der Waals surface area contributed by atoms with Gasteiger partial charge in [0.1, 0.15) is 52.7 Å². The number of benzene rings is 6. The van der Waals surface area contributed by atoms with Gasteiger partial charge in [0.2, 0.25) is 0 Å². The lowest BCUT2D eigenvalue weighted by atomic mass is 10.0. The van der Waals surface area contributed by atoms with Crippen LogP contribution < -0.4 is 14.1 Å². The Morgan fingerprint density at radius 3 is 1.27 bits per heavy atom. The Kier molecular flexibility index (Phi) is 23.2. The summed E-state index contributed by atoms with van der Waals surface area (Å²) in [6.07, 6.45) is 9.39. The average molecular weight is 1010 g/mol. The zero-order valence-electron chi connectivity index (χ0n) is 40.3. The van der Waals surface area contributed by atoms with Crippen molar-refractivity contribution in [1.82, 2.24) is 0 Å². The number of ether oxygens (including phenoxy) is 2. The highest BCUT2D eigenvalue weighted by Crippen LogP contribution is 2.26. The van der Waals surface area contributed by atoms with Crippen molar-refractivity contribution in [2.75, 3.05) is 13.2 Å². The van der Waals surface area contributed by atoms with Crippen LogP contribution in [0.25, 0.3) is 11.1 Å². The molecule has 0 saturated heterocycles. The predicted octanol–water partition coefficient (Wildman–Crippen LogP) is 14.6. The van der Waals surface area contributed by atoms with Crippen LogP contribution in [0.2, 0.25) is 0 Å². The van der Waals surface area contributed by atoms with Gasteiger partial charge in [-0.15, -0.1) is 0 Å². The summed E-state index contributed by atoms with van der Waals surface area (Å²) >= 11 is 3.26. The molecule has 6 aromatic rings. The molecule has 359 valence electrons. The van der Waals surface area contributed by atoms with Crippen molar-refractivity contribution in [3.63, 3.8) is 0 Å². The summed E-state index contributed by atoms with van der Waals surface area (Å²) < 4.78 is 72.2. The van der Waals surface area contributed by atoms with Crippen molar-refractivity contribution in [3.8, 4) is 64.2 Å². The lowest BCUT2D eigenvalue weighted by molar-refractivity contribution is 0.304. The molecule has 0 bridgehead atoms. The van der Waals surface area contributed by atoms with Gasteiger partial charge in [0.15, 0.2) is 0 Å². The van der Waals surface area contributed by atoms with E-state index in [4.69, 9.17) is 25.0 Å². The van der Waals surface area contributed by atoms with Crippen LogP contribution in [0.3, 0.4) is 0 Å². The third kappa shape index (κ3) is 17.5. The maximum atomic E-state index is 14.7. The van der Waals surface area contributed by atoms with E-state index in [1.165, 1.54) is 74.9 Å². The highest BCUT2D eigenvalue weighted by Gasteiger charge is 2.10. The van der Waals surface area contributed by atoms with Gasteiger partial charge < -0.3 is 19.2 Å². The molecule has 0 amide bonds. The van der Waals surface area contributed by atoms with Gasteiger partial charge >= 0.3 is 7.69 Å². The van der Waals surface area contributed by atoms with Gasteiger partial charge in [-0.2, -0.15) is 10.5 Å². The van der Waals surface area contributed by atoms with Crippen molar-refractivity contribution in [2.45, 2.75) is 92.9 Å². The molecular weight excluding hydrogens is 955 g/mol. The first-order valence-corrected chi connectivity index (χ1v) is 23.8. The zero-order chi connectivity index (χ0) is 51.0. The van der Waals surface area contributed by atoms with E-state index in [9.17, 15) is 17.6 Å². The fourth-order valence-corrected chi connectivity index (χ4v) is 7.33. The first kappa shape index (κ1) is 55.6. The number of aryl methyl sites for hydroxylation is 4. The number of nitriles is 2. The molecule has 0 aliphatic rings. The summed E-state index contributed by atoms with van der Waals surface area (Å²) in [6.45, 7) is 13.8. The molecule has 0 aliphatic heterocycles. The Hall–Kier alpha value is -6.96. The molecule has 6 nitrogen and oxygen atoms in total. The second-order valence-electron chi connectivity index (χ2n) is 16.3.